The molecule has 2 heterocycles. The third-order valence-corrected chi connectivity index (χ3v) is 5.95. The van der Waals surface area contributed by atoms with Crippen molar-refractivity contribution >= 4 is 15.7 Å². The number of carbonyl (C=O) groups excluding carboxylic acids is 1. The first kappa shape index (κ1) is 14.8. The van der Waals surface area contributed by atoms with Crippen LogP contribution in [0.5, 0.6) is 0 Å². The van der Waals surface area contributed by atoms with Crippen LogP contribution in [0.2, 0.25) is 0 Å². The van der Waals surface area contributed by atoms with E-state index in [1.807, 2.05) is 30.3 Å². The molecule has 1 aromatic carbocycles. The molecule has 0 bridgehead atoms. The van der Waals surface area contributed by atoms with Crippen LogP contribution in [0.4, 0.5) is 0 Å². The van der Waals surface area contributed by atoms with Crippen molar-refractivity contribution in [3.05, 3.63) is 42.1 Å². The van der Waals surface area contributed by atoms with Crippen molar-refractivity contribution < 1.29 is 17.7 Å². The van der Waals surface area contributed by atoms with Crippen LogP contribution in [-0.2, 0) is 9.84 Å². The van der Waals surface area contributed by atoms with Crippen LogP contribution in [0.15, 0.2) is 40.9 Å². The predicted molar refractivity (Wildman–Crippen MR) is 81.1 cm³/mol. The molecule has 1 amide bonds. The monoisotopic (exact) mass is 320 g/mol. The van der Waals surface area contributed by atoms with Gasteiger partial charge in [0.15, 0.2) is 21.3 Å². The molecule has 1 fully saturated rings. The van der Waals surface area contributed by atoms with Crippen molar-refractivity contribution in [1.82, 2.24) is 10.1 Å². The van der Waals surface area contributed by atoms with Crippen molar-refractivity contribution in [2.24, 2.45) is 0 Å². The van der Waals surface area contributed by atoms with Crippen molar-refractivity contribution in [1.29, 1.82) is 0 Å². The normalized spacial score (nSPS) is 15.6. The molecule has 3 rings (SSSR count). The molecule has 1 aromatic heterocycles. The molecule has 0 N–H and O–H groups in total. The molecule has 1 saturated heterocycles. The molecule has 22 heavy (non-hydrogen) atoms. The average molecular weight is 320 g/mol. The lowest BCUT2D eigenvalue weighted by Gasteiger charge is -2.37. The Morgan fingerprint density at radius 2 is 2.00 bits per heavy atom. The maximum absolute atomic E-state index is 12.2. The zero-order valence-corrected chi connectivity index (χ0v) is 12.9. The van der Waals surface area contributed by atoms with Crippen LogP contribution >= 0.6 is 0 Å². The van der Waals surface area contributed by atoms with Gasteiger partial charge in [-0.3, -0.25) is 4.79 Å². The van der Waals surface area contributed by atoms with Crippen LogP contribution in [0.1, 0.15) is 17.4 Å². The fourth-order valence-electron chi connectivity index (χ4n) is 2.34. The molecular formula is C15H16N2O4S. The van der Waals surface area contributed by atoms with Gasteiger partial charge in [0, 0.05) is 30.5 Å². The molecule has 0 atom stereocenters. The average Bonchev–Trinajstić information content (AvgIpc) is 2.96. The third kappa shape index (κ3) is 2.64. The summed E-state index contributed by atoms with van der Waals surface area (Å²) in [4.78, 5) is 13.7. The van der Waals surface area contributed by atoms with Crippen molar-refractivity contribution in [3.8, 4) is 11.3 Å². The summed E-state index contributed by atoms with van der Waals surface area (Å²) in [7, 11) is -3.09. The number of carbonyl (C=O) groups is 1. The van der Waals surface area contributed by atoms with Gasteiger partial charge in [0.25, 0.3) is 5.91 Å². The number of sulfone groups is 1. The molecule has 0 spiro atoms. The Kier molecular flexibility index (Phi) is 3.74. The van der Waals surface area contributed by atoms with Crippen LogP contribution in [0.25, 0.3) is 11.3 Å². The first-order valence-corrected chi connectivity index (χ1v) is 8.76. The highest BCUT2D eigenvalue weighted by atomic mass is 32.2. The van der Waals surface area contributed by atoms with E-state index in [1.165, 1.54) is 4.90 Å². The van der Waals surface area contributed by atoms with E-state index in [0.29, 0.717) is 5.76 Å². The number of hydrogen-bond acceptors (Lipinski definition) is 5. The molecule has 0 saturated carbocycles. The SMILES string of the molecule is CCS(=O)(=O)C1CN(C(=O)c2cc(-c3ccccc3)on2)C1. The summed E-state index contributed by atoms with van der Waals surface area (Å²) in [6.45, 7) is 2.06. The zero-order chi connectivity index (χ0) is 15.7. The van der Waals surface area contributed by atoms with Crippen molar-refractivity contribution in [2.45, 2.75) is 12.2 Å². The van der Waals surface area contributed by atoms with Crippen LogP contribution < -0.4 is 0 Å². The van der Waals surface area contributed by atoms with Crippen LogP contribution in [0.3, 0.4) is 0 Å². The van der Waals surface area contributed by atoms with E-state index in [4.69, 9.17) is 4.52 Å². The lowest BCUT2D eigenvalue weighted by Crippen LogP contribution is -2.57. The van der Waals surface area contributed by atoms with Gasteiger partial charge in [-0.15, -0.1) is 0 Å². The summed E-state index contributed by atoms with van der Waals surface area (Å²) in [5.74, 6) is 0.317. The molecule has 6 nitrogen and oxygen atoms in total. The number of rotatable bonds is 4. The summed E-state index contributed by atoms with van der Waals surface area (Å²) in [6.07, 6.45) is 0. The smallest absolute Gasteiger partial charge is 0.276 e. The van der Waals surface area contributed by atoms with Crippen molar-refractivity contribution in [2.75, 3.05) is 18.8 Å². The molecule has 0 radical (unpaired) electrons. The summed E-state index contributed by atoms with van der Waals surface area (Å²) in [5.41, 5.74) is 1.04. The quantitative estimate of drug-likeness (QED) is 0.855. The lowest BCUT2D eigenvalue weighted by atomic mass is 10.1. The number of likely N-dealkylation sites (tertiary alicyclic amines) is 1. The molecule has 1 aliphatic heterocycles. The van der Waals surface area contributed by atoms with Gasteiger partial charge in [-0.2, -0.15) is 0 Å². The molecule has 0 aliphatic carbocycles. The minimum atomic E-state index is -3.09. The van der Waals surface area contributed by atoms with Gasteiger partial charge >= 0.3 is 0 Å². The first-order chi connectivity index (χ1) is 10.5. The van der Waals surface area contributed by atoms with Crippen LogP contribution in [0, 0.1) is 0 Å². The van der Waals surface area contributed by atoms with Gasteiger partial charge < -0.3 is 9.42 Å². The summed E-state index contributed by atoms with van der Waals surface area (Å²) < 4.78 is 28.6. The topological polar surface area (TPSA) is 80.5 Å². The molecule has 0 unspecified atom stereocenters. The first-order valence-electron chi connectivity index (χ1n) is 7.04. The number of hydrogen-bond donors (Lipinski definition) is 0. The van der Waals surface area contributed by atoms with Crippen LogP contribution in [-0.4, -0.2) is 48.5 Å². The fourth-order valence-corrected chi connectivity index (χ4v) is 3.63. The standard InChI is InChI=1S/C15H16N2O4S/c1-2-22(19,20)12-9-17(10-12)15(18)13-8-14(21-16-13)11-6-4-3-5-7-11/h3-8,12H,2,9-10H2,1H3. The lowest BCUT2D eigenvalue weighted by molar-refractivity contribution is 0.0648. The van der Waals surface area contributed by atoms with E-state index < -0.39 is 15.1 Å². The fraction of sp³-hybridized carbons (Fsp3) is 0.333. The van der Waals surface area contributed by atoms with Gasteiger partial charge in [0.1, 0.15) is 0 Å². The number of aromatic nitrogens is 1. The Balaban J connectivity index is 1.69. The predicted octanol–water partition coefficient (Wildman–Crippen LogP) is 1.60. The second-order valence-electron chi connectivity index (χ2n) is 5.23. The Morgan fingerprint density at radius 1 is 1.32 bits per heavy atom. The van der Waals surface area contributed by atoms with Gasteiger partial charge in [-0.25, -0.2) is 8.42 Å². The highest BCUT2D eigenvalue weighted by molar-refractivity contribution is 7.92. The number of benzene rings is 1. The van der Waals surface area contributed by atoms with Gasteiger partial charge in [0.05, 0.1) is 5.25 Å². The Morgan fingerprint density at radius 3 is 2.64 bits per heavy atom. The second kappa shape index (κ2) is 5.57. The highest BCUT2D eigenvalue weighted by Gasteiger charge is 2.39. The van der Waals surface area contributed by atoms with Gasteiger partial charge in [-0.05, 0) is 0 Å². The number of nitrogens with zero attached hydrogens (tertiary/aromatic N) is 2. The molecular weight excluding hydrogens is 304 g/mol. The largest absolute Gasteiger partial charge is 0.355 e. The van der Waals surface area contributed by atoms with E-state index in [1.54, 1.807) is 13.0 Å². The van der Waals surface area contributed by atoms with Gasteiger partial charge in [-0.1, -0.05) is 42.4 Å². The zero-order valence-electron chi connectivity index (χ0n) is 12.1. The Labute approximate surface area is 128 Å². The number of amides is 1. The van der Waals surface area contributed by atoms with E-state index in [2.05, 4.69) is 5.16 Å². The molecule has 2 aromatic rings. The summed E-state index contributed by atoms with van der Waals surface area (Å²) in [6, 6.07) is 10.9. The van der Waals surface area contributed by atoms with E-state index in [-0.39, 0.29) is 30.4 Å². The highest BCUT2D eigenvalue weighted by Crippen LogP contribution is 2.23. The van der Waals surface area contributed by atoms with Crippen molar-refractivity contribution in [3.63, 3.8) is 0 Å². The molecule has 1 aliphatic rings. The minimum absolute atomic E-state index is 0.0990. The maximum Gasteiger partial charge on any atom is 0.276 e. The maximum atomic E-state index is 12.2. The molecule has 7 heteroatoms. The second-order valence-corrected chi connectivity index (χ2v) is 7.80. The molecule has 116 valence electrons. The van der Waals surface area contributed by atoms with E-state index >= 15 is 0 Å². The van der Waals surface area contributed by atoms with E-state index in [9.17, 15) is 13.2 Å². The Bertz CT molecular complexity index is 777. The van der Waals surface area contributed by atoms with E-state index in [0.717, 1.165) is 5.56 Å². The van der Waals surface area contributed by atoms with Gasteiger partial charge in [0.2, 0.25) is 0 Å². The summed E-state index contributed by atoms with van der Waals surface area (Å²) >= 11 is 0. The Hall–Kier alpha value is -2.15. The summed E-state index contributed by atoms with van der Waals surface area (Å²) in [5, 5.41) is 3.33. The minimum Gasteiger partial charge on any atom is -0.355 e. The third-order valence-electron chi connectivity index (χ3n) is 3.83.